The van der Waals surface area contributed by atoms with Gasteiger partial charge in [0.2, 0.25) is 11.8 Å². The van der Waals surface area contributed by atoms with Crippen molar-refractivity contribution in [2.24, 2.45) is 0 Å². The molecule has 9 nitrogen and oxygen atoms in total. The Bertz CT molecular complexity index is 1140. The Balaban J connectivity index is 2.10. The number of carbonyl (C=O) groups excluding carboxylic acids is 2. The van der Waals surface area contributed by atoms with E-state index < -0.39 is 11.7 Å². The van der Waals surface area contributed by atoms with Crippen LogP contribution in [0.25, 0.3) is 11.0 Å². The second kappa shape index (κ2) is 9.42. The second-order valence-corrected chi connectivity index (χ2v) is 7.93. The average Bonchev–Trinajstić information content (AvgIpc) is 2.74. The third kappa shape index (κ3) is 5.37. The van der Waals surface area contributed by atoms with Crippen molar-refractivity contribution >= 4 is 35.2 Å². The lowest BCUT2D eigenvalue weighted by atomic mass is 10.2. The molecule has 2 N–H and O–H groups in total. The van der Waals surface area contributed by atoms with Crippen LogP contribution in [0.1, 0.15) is 36.7 Å². The Labute approximate surface area is 185 Å². The first-order chi connectivity index (χ1) is 15.2. The van der Waals surface area contributed by atoms with Crippen LogP contribution in [0.15, 0.2) is 49.1 Å². The average molecular weight is 435 g/mol. The second-order valence-electron chi connectivity index (χ2n) is 7.93. The van der Waals surface area contributed by atoms with Gasteiger partial charge in [-0.25, -0.2) is 14.7 Å². The summed E-state index contributed by atoms with van der Waals surface area (Å²) in [6.45, 7) is 9.28. The molecule has 0 fully saturated rings. The minimum absolute atomic E-state index is 0.0127. The van der Waals surface area contributed by atoms with Gasteiger partial charge in [0.05, 0.1) is 17.5 Å². The summed E-state index contributed by atoms with van der Waals surface area (Å²) in [5.74, 6) is 0.182. The maximum Gasteiger partial charge on any atom is 0.417 e. The number of pyridine rings is 1. The molecule has 0 aliphatic heterocycles. The van der Waals surface area contributed by atoms with Crippen LogP contribution in [0.5, 0.6) is 5.88 Å². The molecule has 0 aliphatic rings. The van der Waals surface area contributed by atoms with Gasteiger partial charge >= 0.3 is 6.09 Å². The third-order valence-electron chi connectivity index (χ3n) is 4.21. The van der Waals surface area contributed by atoms with Crippen LogP contribution in [0.3, 0.4) is 0 Å². The largest absolute Gasteiger partial charge is 0.472 e. The summed E-state index contributed by atoms with van der Waals surface area (Å²) in [6, 6.07) is 11.0. The van der Waals surface area contributed by atoms with Gasteiger partial charge in [0.25, 0.3) is 0 Å². The molecule has 0 atom stereocenters. The summed E-state index contributed by atoms with van der Waals surface area (Å²) in [5.41, 5.74) is 6.43. The zero-order valence-corrected chi connectivity index (χ0v) is 18.2. The first-order valence-electron chi connectivity index (χ1n) is 9.93. The van der Waals surface area contributed by atoms with E-state index in [9.17, 15) is 9.59 Å². The molecule has 0 aliphatic carbocycles. The molecule has 3 aromatic rings. The standard InChI is InChI=1S/C23H25N5O4/c1-5-11-28(22(30)32-23(2,3)4)21-26-19-17(12-16(13-29)18(24)25-19)20(27-21)31-14-15-9-7-6-8-10-15/h5-10,12-13H,1,11,14H2,2-4H3,(H2,24,25,26,27). The SMILES string of the molecule is C=CCN(C(=O)OC(C)(C)C)c1nc(OCc2ccccc2)c2cc(C=O)c(N)nc2n1. The minimum atomic E-state index is -0.721. The molecule has 0 unspecified atom stereocenters. The predicted octanol–water partition coefficient (Wildman–Crippen LogP) is 3.93. The number of anilines is 2. The van der Waals surface area contributed by atoms with Crippen molar-refractivity contribution in [3.05, 3.63) is 60.2 Å². The van der Waals surface area contributed by atoms with Crippen molar-refractivity contribution in [1.29, 1.82) is 0 Å². The maximum absolute atomic E-state index is 12.8. The Morgan fingerprint density at radius 1 is 1.19 bits per heavy atom. The lowest BCUT2D eigenvalue weighted by Gasteiger charge is -2.25. The van der Waals surface area contributed by atoms with Crippen molar-refractivity contribution in [1.82, 2.24) is 15.0 Å². The van der Waals surface area contributed by atoms with Crippen LogP contribution >= 0.6 is 0 Å². The van der Waals surface area contributed by atoms with Crippen molar-refractivity contribution in [2.45, 2.75) is 33.0 Å². The van der Waals surface area contributed by atoms with E-state index in [4.69, 9.17) is 15.2 Å². The quantitative estimate of drug-likeness (QED) is 0.438. The first kappa shape index (κ1) is 22.7. The summed E-state index contributed by atoms with van der Waals surface area (Å²) >= 11 is 0. The summed E-state index contributed by atoms with van der Waals surface area (Å²) in [5, 5.41) is 0.392. The fraction of sp³-hybridized carbons (Fsp3) is 0.261. The van der Waals surface area contributed by atoms with Crippen LogP contribution in [-0.2, 0) is 11.3 Å². The number of ether oxygens (including phenoxy) is 2. The van der Waals surface area contributed by atoms with Gasteiger partial charge in [-0.1, -0.05) is 36.4 Å². The van der Waals surface area contributed by atoms with E-state index in [1.807, 2.05) is 30.3 Å². The Morgan fingerprint density at radius 2 is 1.91 bits per heavy atom. The van der Waals surface area contributed by atoms with Gasteiger partial charge in [-0.2, -0.15) is 9.97 Å². The van der Waals surface area contributed by atoms with E-state index in [2.05, 4.69) is 21.5 Å². The number of nitrogens with two attached hydrogens (primary N) is 1. The van der Waals surface area contributed by atoms with Gasteiger partial charge in [-0.05, 0) is 32.4 Å². The van der Waals surface area contributed by atoms with Gasteiger partial charge in [0, 0.05) is 0 Å². The van der Waals surface area contributed by atoms with Crippen molar-refractivity contribution in [2.75, 3.05) is 17.2 Å². The normalized spacial score (nSPS) is 11.1. The van der Waals surface area contributed by atoms with E-state index >= 15 is 0 Å². The van der Waals surface area contributed by atoms with E-state index in [0.29, 0.717) is 11.7 Å². The molecule has 166 valence electrons. The lowest BCUT2D eigenvalue weighted by molar-refractivity contribution is 0.0582. The smallest absolute Gasteiger partial charge is 0.417 e. The van der Waals surface area contributed by atoms with E-state index in [1.54, 1.807) is 20.8 Å². The van der Waals surface area contributed by atoms with Crippen molar-refractivity contribution < 1.29 is 19.1 Å². The number of amides is 1. The van der Waals surface area contributed by atoms with Crippen molar-refractivity contribution in [3.63, 3.8) is 0 Å². The summed E-state index contributed by atoms with van der Waals surface area (Å²) in [7, 11) is 0. The highest BCUT2D eigenvalue weighted by Crippen LogP contribution is 2.28. The monoisotopic (exact) mass is 435 g/mol. The molecule has 3 rings (SSSR count). The molecule has 32 heavy (non-hydrogen) atoms. The van der Waals surface area contributed by atoms with Crippen LogP contribution in [-0.4, -0.2) is 39.5 Å². The van der Waals surface area contributed by atoms with Gasteiger partial charge in [-0.3, -0.25) is 4.79 Å². The van der Waals surface area contributed by atoms with Crippen molar-refractivity contribution in [3.8, 4) is 5.88 Å². The first-order valence-corrected chi connectivity index (χ1v) is 9.93. The van der Waals surface area contributed by atoms with E-state index in [1.165, 1.54) is 17.0 Å². The molecule has 0 bridgehead atoms. The summed E-state index contributed by atoms with van der Waals surface area (Å²) in [6.07, 6.45) is 1.48. The zero-order valence-electron chi connectivity index (χ0n) is 18.2. The number of nitrogens with zero attached hydrogens (tertiary/aromatic N) is 4. The molecular weight excluding hydrogens is 410 g/mol. The fourth-order valence-electron chi connectivity index (χ4n) is 2.78. The number of hydrogen-bond donors (Lipinski definition) is 1. The number of carbonyl (C=O) groups is 2. The highest BCUT2D eigenvalue weighted by molar-refractivity contribution is 5.93. The third-order valence-corrected chi connectivity index (χ3v) is 4.21. The summed E-state index contributed by atoms with van der Waals surface area (Å²) in [4.78, 5) is 38.4. The maximum atomic E-state index is 12.8. The zero-order chi connectivity index (χ0) is 23.3. The predicted molar refractivity (Wildman–Crippen MR) is 122 cm³/mol. The Kier molecular flexibility index (Phi) is 6.67. The van der Waals surface area contributed by atoms with Crippen LogP contribution < -0.4 is 15.4 Å². The number of benzene rings is 1. The van der Waals surface area contributed by atoms with Gasteiger partial charge in [-0.15, -0.1) is 6.58 Å². The fourth-order valence-corrected chi connectivity index (χ4v) is 2.78. The number of aromatic nitrogens is 3. The van der Waals surface area contributed by atoms with Crippen LogP contribution in [0, 0.1) is 0 Å². The molecule has 2 aromatic heterocycles. The van der Waals surface area contributed by atoms with E-state index in [0.717, 1.165) is 5.56 Å². The Hall–Kier alpha value is -4.01. The number of nitrogen functional groups attached to an aromatic ring is 1. The summed E-state index contributed by atoms with van der Waals surface area (Å²) < 4.78 is 11.4. The number of hydrogen-bond acceptors (Lipinski definition) is 8. The highest BCUT2D eigenvalue weighted by Gasteiger charge is 2.26. The van der Waals surface area contributed by atoms with Crippen LogP contribution in [0.2, 0.25) is 0 Å². The lowest BCUT2D eigenvalue weighted by Crippen LogP contribution is -2.38. The molecule has 9 heteroatoms. The molecular formula is C23H25N5O4. The molecule has 1 amide bonds. The molecule has 0 saturated heterocycles. The minimum Gasteiger partial charge on any atom is -0.472 e. The topological polar surface area (TPSA) is 121 Å². The number of rotatable bonds is 7. The number of fused-ring (bicyclic) bond motifs is 1. The molecule has 0 spiro atoms. The molecule has 0 radical (unpaired) electrons. The Morgan fingerprint density at radius 3 is 2.53 bits per heavy atom. The molecule has 0 saturated carbocycles. The van der Waals surface area contributed by atoms with Crippen LogP contribution in [0.4, 0.5) is 16.6 Å². The molecule has 2 heterocycles. The number of aldehydes is 1. The highest BCUT2D eigenvalue weighted by atomic mass is 16.6. The van der Waals surface area contributed by atoms with Gasteiger partial charge in [0.1, 0.15) is 18.0 Å². The molecule has 1 aromatic carbocycles. The van der Waals surface area contributed by atoms with E-state index in [-0.39, 0.29) is 42.0 Å². The van der Waals surface area contributed by atoms with Gasteiger partial charge < -0.3 is 15.2 Å². The van der Waals surface area contributed by atoms with Gasteiger partial charge in [0.15, 0.2) is 11.9 Å².